The fraction of sp³-hybridized carbons (Fsp3) is 0. The van der Waals surface area contributed by atoms with Crippen molar-refractivity contribution in [2.75, 3.05) is 0 Å². The number of hydrogen-bond acceptors (Lipinski definition) is 6. The van der Waals surface area contributed by atoms with Crippen molar-refractivity contribution in [1.29, 1.82) is 0 Å². The van der Waals surface area contributed by atoms with Crippen molar-refractivity contribution in [1.82, 2.24) is 14.6 Å². The number of fused-ring (bicyclic) bond motifs is 3. The number of pyridine rings is 1. The monoisotopic (exact) mass is 448 g/mol. The summed E-state index contributed by atoms with van der Waals surface area (Å²) in [5.41, 5.74) is 4.21. The summed E-state index contributed by atoms with van der Waals surface area (Å²) in [6.07, 6.45) is 3.05. The molecule has 0 unspecified atom stereocenters. The number of benzene rings is 2. The van der Waals surface area contributed by atoms with Crippen LogP contribution in [0.2, 0.25) is 0 Å². The molecular formula is C26H16N4O2S. The Bertz CT molecular complexity index is 1670. The Morgan fingerprint density at radius 1 is 0.939 bits per heavy atom. The summed E-state index contributed by atoms with van der Waals surface area (Å²) in [5, 5.41) is 6.92. The highest BCUT2D eigenvalue weighted by Crippen LogP contribution is 2.36. The standard InChI is InChI=1S/C26H16N4O2S/c31-26-24-23(27-16-30(26)28-15-19-12-7-13-33-19)22-20(17-8-3-1-4-9-17)14-21(29-25(22)32-24)18-10-5-2-6-11-18/h1-16H/b28-15+. The first kappa shape index (κ1) is 19.3. The Labute approximate surface area is 192 Å². The maximum absolute atomic E-state index is 13.2. The average molecular weight is 449 g/mol. The molecule has 0 aliphatic heterocycles. The van der Waals surface area contributed by atoms with Crippen molar-refractivity contribution < 1.29 is 4.42 Å². The van der Waals surface area contributed by atoms with Gasteiger partial charge in [-0.3, -0.25) is 4.79 Å². The van der Waals surface area contributed by atoms with Crippen molar-refractivity contribution in [3.05, 3.63) is 106 Å². The van der Waals surface area contributed by atoms with Gasteiger partial charge in [0, 0.05) is 10.4 Å². The molecule has 6 rings (SSSR count). The lowest BCUT2D eigenvalue weighted by Gasteiger charge is -2.07. The fourth-order valence-electron chi connectivity index (χ4n) is 3.79. The maximum atomic E-state index is 13.2. The molecule has 4 aromatic heterocycles. The lowest BCUT2D eigenvalue weighted by Crippen LogP contribution is -2.16. The second-order valence-electron chi connectivity index (χ2n) is 7.40. The smallest absolute Gasteiger partial charge is 0.317 e. The third-order valence-corrected chi connectivity index (χ3v) is 6.15. The summed E-state index contributed by atoms with van der Waals surface area (Å²) >= 11 is 1.54. The summed E-state index contributed by atoms with van der Waals surface area (Å²) in [5.74, 6) is 0. The molecule has 4 heterocycles. The van der Waals surface area contributed by atoms with Gasteiger partial charge in [0.15, 0.2) is 0 Å². The molecule has 0 aliphatic carbocycles. The SMILES string of the molecule is O=c1c2oc3nc(-c4ccccc4)cc(-c4ccccc4)c3c2ncn1/N=C/c1cccs1. The van der Waals surface area contributed by atoms with Crippen LogP contribution >= 0.6 is 11.3 Å². The van der Waals surface area contributed by atoms with Crippen LogP contribution in [0.3, 0.4) is 0 Å². The van der Waals surface area contributed by atoms with Crippen molar-refractivity contribution in [2.45, 2.75) is 0 Å². The van der Waals surface area contributed by atoms with Crippen molar-refractivity contribution >= 4 is 39.8 Å². The lowest BCUT2D eigenvalue weighted by atomic mass is 10.00. The Kier molecular flexibility index (Phi) is 4.66. The van der Waals surface area contributed by atoms with Crippen molar-refractivity contribution in [3.63, 3.8) is 0 Å². The fourth-order valence-corrected chi connectivity index (χ4v) is 4.37. The number of furan rings is 1. The molecule has 33 heavy (non-hydrogen) atoms. The molecule has 2 aromatic carbocycles. The van der Waals surface area contributed by atoms with E-state index in [9.17, 15) is 4.79 Å². The van der Waals surface area contributed by atoms with Gasteiger partial charge in [-0.05, 0) is 28.6 Å². The van der Waals surface area contributed by atoms with E-state index < -0.39 is 0 Å². The van der Waals surface area contributed by atoms with Crippen LogP contribution in [0, 0.1) is 0 Å². The number of aromatic nitrogens is 3. The molecule has 158 valence electrons. The first-order valence-electron chi connectivity index (χ1n) is 10.3. The van der Waals surface area contributed by atoms with Gasteiger partial charge in [-0.2, -0.15) is 9.78 Å². The van der Waals surface area contributed by atoms with E-state index in [-0.39, 0.29) is 11.1 Å². The van der Waals surface area contributed by atoms with Gasteiger partial charge in [-0.1, -0.05) is 66.7 Å². The molecule has 0 aliphatic rings. The number of rotatable bonds is 4. The third kappa shape index (κ3) is 3.44. The first-order valence-corrected chi connectivity index (χ1v) is 11.2. The average Bonchev–Trinajstić information content (AvgIpc) is 3.52. The van der Waals surface area contributed by atoms with Crippen molar-refractivity contribution in [2.24, 2.45) is 5.10 Å². The zero-order chi connectivity index (χ0) is 22.2. The van der Waals surface area contributed by atoms with E-state index in [1.54, 1.807) is 6.21 Å². The molecule has 6 nitrogen and oxygen atoms in total. The van der Waals surface area contributed by atoms with E-state index in [1.807, 2.05) is 84.2 Å². The molecule has 0 saturated carbocycles. The van der Waals surface area contributed by atoms with Gasteiger partial charge in [-0.15, -0.1) is 11.3 Å². The second-order valence-corrected chi connectivity index (χ2v) is 8.38. The van der Waals surface area contributed by atoms with Gasteiger partial charge >= 0.3 is 5.56 Å². The Morgan fingerprint density at radius 3 is 2.42 bits per heavy atom. The maximum Gasteiger partial charge on any atom is 0.317 e. The zero-order valence-electron chi connectivity index (χ0n) is 17.3. The van der Waals surface area contributed by atoms with Gasteiger partial charge in [-0.25, -0.2) is 9.97 Å². The molecule has 6 aromatic rings. The first-order chi connectivity index (χ1) is 16.3. The molecule has 0 bridgehead atoms. The van der Waals surface area contributed by atoms with E-state index in [2.05, 4.69) is 10.1 Å². The van der Waals surface area contributed by atoms with Crippen LogP contribution in [0.5, 0.6) is 0 Å². The van der Waals surface area contributed by atoms with Crippen LogP contribution in [0.15, 0.2) is 105 Å². The summed E-state index contributed by atoms with van der Waals surface area (Å²) in [4.78, 5) is 23.4. The topological polar surface area (TPSA) is 73.3 Å². The van der Waals surface area contributed by atoms with Crippen LogP contribution in [-0.4, -0.2) is 20.9 Å². The van der Waals surface area contributed by atoms with E-state index in [4.69, 9.17) is 9.40 Å². The molecule has 0 fully saturated rings. The molecule has 0 spiro atoms. The normalized spacial score (nSPS) is 11.6. The van der Waals surface area contributed by atoms with Gasteiger partial charge in [0.2, 0.25) is 11.3 Å². The quantitative estimate of drug-likeness (QED) is 0.319. The van der Waals surface area contributed by atoms with Crippen LogP contribution in [0.4, 0.5) is 0 Å². The Hall–Kier alpha value is -4.36. The third-order valence-electron chi connectivity index (χ3n) is 5.34. The molecule has 0 saturated heterocycles. The Morgan fingerprint density at radius 2 is 1.70 bits per heavy atom. The van der Waals surface area contributed by atoms with Gasteiger partial charge in [0.25, 0.3) is 0 Å². The number of hydrogen-bond donors (Lipinski definition) is 0. The van der Waals surface area contributed by atoms with E-state index in [0.29, 0.717) is 16.6 Å². The molecular weight excluding hydrogens is 432 g/mol. The van der Waals surface area contributed by atoms with Crippen LogP contribution < -0.4 is 5.56 Å². The van der Waals surface area contributed by atoms with E-state index in [0.717, 1.165) is 27.3 Å². The minimum absolute atomic E-state index is 0.130. The molecule has 0 atom stereocenters. The molecule has 0 amide bonds. The molecule has 0 radical (unpaired) electrons. The van der Waals surface area contributed by atoms with Crippen LogP contribution in [0.1, 0.15) is 4.88 Å². The molecule has 0 N–H and O–H groups in total. The van der Waals surface area contributed by atoms with Gasteiger partial charge < -0.3 is 4.42 Å². The highest BCUT2D eigenvalue weighted by molar-refractivity contribution is 7.11. The largest absolute Gasteiger partial charge is 0.430 e. The van der Waals surface area contributed by atoms with Gasteiger partial charge in [0.1, 0.15) is 11.8 Å². The number of nitrogens with zero attached hydrogens (tertiary/aromatic N) is 4. The minimum Gasteiger partial charge on any atom is -0.430 e. The highest BCUT2D eigenvalue weighted by Gasteiger charge is 2.20. The van der Waals surface area contributed by atoms with Crippen LogP contribution in [0.25, 0.3) is 44.6 Å². The second kappa shape index (κ2) is 7.96. The summed E-state index contributed by atoms with van der Waals surface area (Å²) in [7, 11) is 0. The van der Waals surface area contributed by atoms with Gasteiger partial charge in [0.05, 0.1) is 17.3 Å². The van der Waals surface area contributed by atoms with Crippen molar-refractivity contribution in [3.8, 4) is 22.4 Å². The molecule has 7 heteroatoms. The van der Waals surface area contributed by atoms with E-state index in [1.165, 1.54) is 22.3 Å². The van der Waals surface area contributed by atoms with Crippen LogP contribution in [-0.2, 0) is 0 Å². The summed E-state index contributed by atoms with van der Waals surface area (Å²) in [6.45, 7) is 0. The summed E-state index contributed by atoms with van der Waals surface area (Å²) < 4.78 is 7.19. The summed E-state index contributed by atoms with van der Waals surface area (Å²) in [6, 6.07) is 25.7. The predicted octanol–water partition coefficient (Wildman–Crippen LogP) is 5.82. The highest BCUT2D eigenvalue weighted by atomic mass is 32.1. The lowest BCUT2D eigenvalue weighted by molar-refractivity contribution is 0.637. The zero-order valence-corrected chi connectivity index (χ0v) is 18.1. The van der Waals surface area contributed by atoms with E-state index >= 15 is 0 Å². The predicted molar refractivity (Wildman–Crippen MR) is 132 cm³/mol. The minimum atomic E-state index is -0.383. The Balaban J connectivity index is 1.61. The number of thiophene rings is 1.